The fourth-order valence-corrected chi connectivity index (χ4v) is 3.29. The van der Waals surface area contributed by atoms with Crippen molar-refractivity contribution in [3.8, 4) is 11.4 Å². The van der Waals surface area contributed by atoms with E-state index >= 15 is 0 Å². The number of anilines is 1. The van der Waals surface area contributed by atoms with Gasteiger partial charge in [-0.1, -0.05) is 0 Å². The number of hydrogen-bond donors (Lipinski definition) is 4. The minimum absolute atomic E-state index is 0.394. The zero-order chi connectivity index (χ0) is 20.1. The van der Waals surface area contributed by atoms with Crippen LogP contribution in [-0.4, -0.2) is 64.0 Å². The summed E-state index contributed by atoms with van der Waals surface area (Å²) in [5.74, 6) is 2.04. The van der Waals surface area contributed by atoms with Crippen LogP contribution in [0.2, 0.25) is 0 Å². The van der Waals surface area contributed by atoms with Gasteiger partial charge in [0.05, 0.1) is 23.3 Å². The Balaban J connectivity index is 0.00000109. The van der Waals surface area contributed by atoms with Gasteiger partial charge >= 0.3 is 0 Å². The molecule has 4 rings (SSSR count). The maximum atomic E-state index is 12.3. The second-order valence-corrected chi connectivity index (χ2v) is 6.54. The van der Waals surface area contributed by atoms with Crippen molar-refractivity contribution in [1.29, 1.82) is 5.41 Å². The third-order valence-corrected chi connectivity index (χ3v) is 4.90. The molecule has 3 N–H and O–H groups in total. The van der Waals surface area contributed by atoms with Crippen LogP contribution >= 0.6 is 12.6 Å². The number of fused-ring (bicyclic) bond motifs is 1. The van der Waals surface area contributed by atoms with E-state index in [4.69, 9.17) is 5.41 Å². The summed E-state index contributed by atoms with van der Waals surface area (Å²) in [7, 11) is 0. The minimum atomic E-state index is -2.79. The quantitative estimate of drug-likeness (QED) is 0.451. The number of halogens is 2. The average molecular weight is 407 g/mol. The number of piperidine rings is 1. The maximum absolute atomic E-state index is 12.3. The molecule has 0 bridgehead atoms. The molecular formula is C18H23F2N7S. The zero-order valence-corrected chi connectivity index (χ0v) is 16.3. The molecule has 0 saturated carbocycles. The summed E-state index contributed by atoms with van der Waals surface area (Å²) in [5, 5.41) is 10.6. The number of alkyl halides is 2. The summed E-state index contributed by atoms with van der Waals surface area (Å²) in [6.07, 6.45) is 5.57. The number of allylic oxidation sites excluding steroid dienone is 1. The second kappa shape index (κ2) is 9.24. The van der Waals surface area contributed by atoms with E-state index in [0.717, 1.165) is 43.9 Å². The van der Waals surface area contributed by atoms with Crippen molar-refractivity contribution in [2.75, 3.05) is 30.8 Å². The van der Waals surface area contributed by atoms with Crippen molar-refractivity contribution in [2.24, 2.45) is 5.92 Å². The lowest BCUT2D eigenvalue weighted by molar-refractivity contribution is 0.196. The third kappa shape index (κ3) is 4.56. The zero-order valence-electron chi connectivity index (χ0n) is 15.4. The van der Waals surface area contributed by atoms with E-state index in [2.05, 4.69) is 42.8 Å². The summed E-state index contributed by atoms with van der Waals surface area (Å²) < 4.78 is 24.7. The molecule has 0 aliphatic carbocycles. The third-order valence-electron chi connectivity index (χ3n) is 4.90. The van der Waals surface area contributed by atoms with Crippen molar-refractivity contribution in [3.63, 3.8) is 0 Å². The number of H-pyrrole nitrogens is 1. The van der Waals surface area contributed by atoms with Gasteiger partial charge in [-0.2, -0.15) is 12.6 Å². The topological polar surface area (TPSA) is 93.6 Å². The summed E-state index contributed by atoms with van der Waals surface area (Å²) in [6.45, 7) is 3.03. The van der Waals surface area contributed by atoms with E-state index in [1.54, 1.807) is 12.5 Å². The lowest BCUT2D eigenvalue weighted by Gasteiger charge is -2.46. The number of nitrogens with one attached hydrogen (secondary N) is 3. The number of thiol groups is 1. The van der Waals surface area contributed by atoms with Gasteiger partial charge in [0.2, 0.25) is 0 Å². The fraction of sp³-hybridized carbons (Fsp3) is 0.444. The van der Waals surface area contributed by atoms with Crippen LogP contribution in [0.1, 0.15) is 12.2 Å². The standard InChI is InChI=1S/C17H19F2N7.CH4S/c18-17(19)11(20)1-2-15-22-7-13(25-15)12-5-16(24-9-23-12)26-4-3-10-6-21-14(10)8-26;1-2/h1-2,5,7,9-10,14,17,20-21H,3-4,6,8H2,(H,22,25);2H,1H3/b2-1-,20-11?;. The van der Waals surface area contributed by atoms with E-state index in [1.165, 1.54) is 12.4 Å². The van der Waals surface area contributed by atoms with Gasteiger partial charge in [-0.25, -0.2) is 23.7 Å². The molecule has 2 unspecified atom stereocenters. The van der Waals surface area contributed by atoms with Crippen LogP contribution in [0.4, 0.5) is 14.6 Å². The van der Waals surface area contributed by atoms with Crippen molar-refractivity contribution < 1.29 is 8.78 Å². The van der Waals surface area contributed by atoms with Gasteiger partial charge in [0.15, 0.2) is 0 Å². The first kappa shape index (κ1) is 20.4. The van der Waals surface area contributed by atoms with Crippen LogP contribution in [-0.2, 0) is 0 Å². The van der Waals surface area contributed by atoms with Crippen LogP contribution in [0.5, 0.6) is 0 Å². The molecule has 28 heavy (non-hydrogen) atoms. The van der Waals surface area contributed by atoms with Gasteiger partial charge in [0.1, 0.15) is 18.0 Å². The molecule has 2 saturated heterocycles. The lowest BCUT2D eigenvalue weighted by Crippen LogP contribution is -2.62. The molecule has 0 aromatic carbocycles. The molecule has 2 atom stereocenters. The Kier molecular flexibility index (Phi) is 6.74. The largest absolute Gasteiger partial charge is 0.355 e. The molecule has 150 valence electrons. The summed E-state index contributed by atoms with van der Waals surface area (Å²) in [5.41, 5.74) is 0.614. The summed E-state index contributed by atoms with van der Waals surface area (Å²) in [4.78, 5) is 18.1. The normalized spacial score (nSPS) is 21.1. The maximum Gasteiger partial charge on any atom is 0.279 e. The molecule has 0 amide bonds. The van der Waals surface area contributed by atoms with Gasteiger partial charge in [0, 0.05) is 25.2 Å². The molecule has 2 aromatic heterocycles. The molecule has 10 heteroatoms. The van der Waals surface area contributed by atoms with Gasteiger partial charge in [-0.15, -0.1) is 0 Å². The Morgan fingerprint density at radius 2 is 2.18 bits per heavy atom. The molecule has 7 nitrogen and oxygen atoms in total. The highest BCUT2D eigenvalue weighted by Gasteiger charge is 2.35. The number of imidazole rings is 1. The number of aromatic nitrogens is 4. The van der Waals surface area contributed by atoms with Crippen LogP contribution in [0.25, 0.3) is 17.5 Å². The van der Waals surface area contributed by atoms with Crippen LogP contribution in [0.3, 0.4) is 0 Å². The number of aromatic amines is 1. The van der Waals surface area contributed by atoms with Crippen LogP contribution < -0.4 is 10.2 Å². The van der Waals surface area contributed by atoms with Crippen molar-refractivity contribution >= 4 is 30.2 Å². The molecule has 2 fully saturated rings. The predicted molar refractivity (Wildman–Crippen MR) is 109 cm³/mol. The Bertz CT molecular complexity index is 839. The Labute approximate surface area is 167 Å². The van der Waals surface area contributed by atoms with E-state index in [9.17, 15) is 8.78 Å². The smallest absolute Gasteiger partial charge is 0.279 e. The van der Waals surface area contributed by atoms with Crippen molar-refractivity contribution in [3.05, 3.63) is 30.5 Å². The minimum Gasteiger partial charge on any atom is -0.355 e. The Morgan fingerprint density at radius 1 is 1.36 bits per heavy atom. The van der Waals surface area contributed by atoms with E-state index < -0.39 is 12.1 Å². The molecule has 0 radical (unpaired) electrons. The first-order valence-electron chi connectivity index (χ1n) is 8.95. The molecule has 2 aliphatic heterocycles. The number of nitrogens with zero attached hydrogens (tertiary/aromatic N) is 4. The monoisotopic (exact) mass is 407 g/mol. The SMILES string of the molecule is CS.N=C(/C=C\c1ncc(-c2cc(N3CCC4CNC4C3)ncn2)[nH]1)C(F)F. The fourth-order valence-electron chi connectivity index (χ4n) is 3.29. The highest BCUT2D eigenvalue weighted by atomic mass is 32.1. The van der Waals surface area contributed by atoms with E-state index in [0.29, 0.717) is 23.3 Å². The van der Waals surface area contributed by atoms with Gasteiger partial charge in [0.25, 0.3) is 6.43 Å². The molecule has 0 spiro atoms. The number of rotatable bonds is 5. The van der Waals surface area contributed by atoms with E-state index in [1.807, 2.05) is 6.07 Å². The first-order valence-corrected chi connectivity index (χ1v) is 9.85. The first-order chi connectivity index (χ1) is 13.6. The van der Waals surface area contributed by atoms with Gasteiger partial charge in [-0.05, 0) is 37.3 Å². The van der Waals surface area contributed by atoms with Crippen molar-refractivity contribution in [1.82, 2.24) is 25.3 Å². The summed E-state index contributed by atoms with van der Waals surface area (Å²) in [6, 6.07) is 2.44. The van der Waals surface area contributed by atoms with Gasteiger partial charge < -0.3 is 15.2 Å². The molecule has 2 aromatic rings. The Morgan fingerprint density at radius 3 is 2.86 bits per heavy atom. The summed E-state index contributed by atoms with van der Waals surface area (Å²) >= 11 is 3.53. The van der Waals surface area contributed by atoms with Crippen LogP contribution in [0, 0.1) is 11.3 Å². The lowest BCUT2D eigenvalue weighted by atomic mass is 9.85. The molecular weight excluding hydrogens is 384 g/mol. The van der Waals surface area contributed by atoms with Gasteiger partial charge in [-0.3, -0.25) is 5.41 Å². The second-order valence-electron chi connectivity index (χ2n) is 6.54. The predicted octanol–water partition coefficient (Wildman–Crippen LogP) is 2.51. The molecule has 4 heterocycles. The Hall–Kier alpha value is -2.33. The number of hydrogen-bond acceptors (Lipinski definition) is 7. The van der Waals surface area contributed by atoms with E-state index in [-0.39, 0.29) is 0 Å². The highest BCUT2D eigenvalue weighted by Crippen LogP contribution is 2.28. The average Bonchev–Trinajstić information content (AvgIpc) is 3.18. The van der Waals surface area contributed by atoms with Crippen molar-refractivity contribution in [2.45, 2.75) is 18.9 Å². The molecule has 2 aliphatic rings. The van der Waals surface area contributed by atoms with Crippen LogP contribution in [0.15, 0.2) is 24.7 Å². The highest BCUT2D eigenvalue weighted by molar-refractivity contribution is 7.79.